The second kappa shape index (κ2) is 7.31. The van der Waals surface area contributed by atoms with E-state index in [1.54, 1.807) is 16.7 Å². The first-order chi connectivity index (χ1) is 10.0. The molecular formula is C16H31N3O3. The lowest BCUT2D eigenvalue weighted by Crippen LogP contribution is -2.45. The number of hydrogen-bond donors (Lipinski definition) is 1. The molecule has 0 aliphatic carbocycles. The Morgan fingerprint density at radius 1 is 1.32 bits per heavy atom. The fourth-order valence-electron chi connectivity index (χ4n) is 2.56. The summed E-state index contributed by atoms with van der Waals surface area (Å²) in [6.45, 7) is 13.2. The van der Waals surface area contributed by atoms with Gasteiger partial charge in [-0.15, -0.1) is 0 Å². The summed E-state index contributed by atoms with van der Waals surface area (Å²) in [4.78, 5) is 27.8. The summed E-state index contributed by atoms with van der Waals surface area (Å²) in [7, 11) is 0. The molecule has 0 aromatic rings. The lowest BCUT2D eigenvalue weighted by atomic mass is 10.1. The van der Waals surface area contributed by atoms with Gasteiger partial charge in [-0.05, 0) is 53.9 Å². The molecule has 6 heteroatoms. The van der Waals surface area contributed by atoms with Crippen LogP contribution >= 0.6 is 0 Å². The van der Waals surface area contributed by atoms with Crippen molar-refractivity contribution < 1.29 is 14.3 Å². The van der Waals surface area contributed by atoms with Gasteiger partial charge in [0.05, 0.1) is 6.04 Å². The fraction of sp³-hybridized carbons (Fsp3) is 0.875. The van der Waals surface area contributed by atoms with Crippen LogP contribution in [0.2, 0.25) is 0 Å². The molecule has 128 valence electrons. The molecule has 1 fully saturated rings. The van der Waals surface area contributed by atoms with Crippen molar-refractivity contribution in [1.29, 1.82) is 0 Å². The first-order valence-corrected chi connectivity index (χ1v) is 8.05. The van der Waals surface area contributed by atoms with E-state index in [2.05, 4.69) is 0 Å². The molecule has 1 aliphatic heterocycles. The van der Waals surface area contributed by atoms with Crippen LogP contribution in [0.4, 0.5) is 4.79 Å². The Hall–Kier alpha value is -1.30. The largest absolute Gasteiger partial charge is 0.444 e. The molecule has 1 rings (SSSR count). The molecule has 22 heavy (non-hydrogen) atoms. The number of nitrogens with zero attached hydrogens (tertiary/aromatic N) is 2. The minimum absolute atomic E-state index is 0.0177. The van der Waals surface area contributed by atoms with E-state index in [4.69, 9.17) is 10.5 Å². The van der Waals surface area contributed by atoms with E-state index in [9.17, 15) is 9.59 Å². The van der Waals surface area contributed by atoms with Crippen molar-refractivity contribution in [2.45, 2.75) is 65.6 Å². The molecule has 1 saturated heterocycles. The lowest BCUT2D eigenvalue weighted by Gasteiger charge is -2.32. The van der Waals surface area contributed by atoms with E-state index < -0.39 is 11.6 Å². The third-order valence-corrected chi connectivity index (χ3v) is 3.69. The standard InChI is InChI=1S/C16H31N3O3/c1-11(2)19(15(21)22-16(4,5)6)10-13-7-8-18(9-13)14(20)12(3)17/h11-13H,7-10,17H2,1-6H3/t12-,13?/m0/s1. The predicted molar refractivity (Wildman–Crippen MR) is 86.4 cm³/mol. The Labute approximate surface area is 134 Å². The molecule has 1 unspecified atom stereocenters. The van der Waals surface area contributed by atoms with Crippen molar-refractivity contribution in [3.8, 4) is 0 Å². The van der Waals surface area contributed by atoms with E-state index in [1.165, 1.54) is 0 Å². The van der Waals surface area contributed by atoms with Gasteiger partial charge < -0.3 is 20.3 Å². The van der Waals surface area contributed by atoms with Crippen LogP contribution < -0.4 is 5.73 Å². The van der Waals surface area contributed by atoms with E-state index in [0.29, 0.717) is 19.6 Å². The maximum Gasteiger partial charge on any atom is 0.410 e. The molecule has 2 atom stereocenters. The van der Waals surface area contributed by atoms with Gasteiger partial charge in [0.25, 0.3) is 0 Å². The van der Waals surface area contributed by atoms with Crippen LogP contribution in [0, 0.1) is 5.92 Å². The van der Waals surface area contributed by atoms with Crippen molar-refractivity contribution in [2.24, 2.45) is 11.7 Å². The maximum atomic E-state index is 12.3. The molecule has 0 bridgehead atoms. The molecule has 6 nitrogen and oxygen atoms in total. The number of ether oxygens (including phenoxy) is 1. The Kier molecular flexibility index (Phi) is 6.23. The number of rotatable bonds is 4. The van der Waals surface area contributed by atoms with Crippen LogP contribution in [-0.2, 0) is 9.53 Å². The number of carbonyl (C=O) groups excluding carboxylic acids is 2. The highest BCUT2D eigenvalue weighted by atomic mass is 16.6. The summed E-state index contributed by atoms with van der Waals surface area (Å²) in [6.07, 6.45) is 0.601. The SMILES string of the molecule is CC(C)N(CC1CCN(C(=O)[C@H](C)N)C1)C(=O)OC(C)(C)C. The van der Waals surface area contributed by atoms with Crippen molar-refractivity contribution in [3.63, 3.8) is 0 Å². The summed E-state index contributed by atoms with van der Waals surface area (Å²) in [5.74, 6) is 0.258. The van der Waals surface area contributed by atoms with Crippen LogP contribution in [0.25, 0.3) is 0 Å². The second-order valence-electron chi connectivity index (χ2n) is 7.45. The molecule has 2 amide bonds. The molecular weight excluding hydrogens is 282 g/mol. The third-order valence-electron chi connectivity index (χ3n) is 3.69. The van der Waals surface area contributed by atoms with Gasteiger partial charge in [0, 0.05) is 25.7 Å². The second-order valence-corrected chi connectivity index (χ2v) is 7.45. The fourth-order valence-corrected chi connectivity index (χ4v) is 2.56. The summed E-state index contributed by atoms with van der Waals surface area (Å²) in [5.41, 5.74) is 5.15. The maximum absolute atomic E-state index is 12.3. The highest BCUT2D eigenvalue weighted by Crippen LogP contribution is 2.21. The van der Waals surface area contributed by atoms with Crippen molar-refractivity contribution in [3.05, 3.63) is 0 Å². The van der Waals surface area contributed by atoms with Gasteiger partial charge in [-0.25, -0.2) is 4.79 Å². The minimum atomic E-state index is -0.503. The first kappa shape index (κ1) is 18.7. The topological polar surface area (TPSA) is 75.9 Å². The van der Waals surface area contributed by atoms with Crippen LogP contribution in [0.15, 0.2) is 0 Å². The van der Waals surface area contributed by atoms with Gasteiger partial charge in [0.1, 0.15) is 5.60 Å². The Bertz CT molecular complexity index is 402. The van der Waals surface area contributed by atoms with E-state index in [0.717, 1.165) is 6.42 Å². The van der Waals surface area contributed by atoms with E-state index in [1.807, 2.05) is 34.6 Å². The van der Waals surface area contributed by atoms with Gasteiger partial charge in [-0.2, -0.15) is 0 Å². The number of nitrogens with two attached hydrogens (primary N) is 1. The normalized spacial score (nSPS) is 20.2. The number of carbonyl (C=O) groups is 2. The summed E-state index contributed by atoms with van der Waals surface area (Å²) in [6, 6.07) is -0.404. The van der Waals surface area contributed by atoms with E-state index in [-0.39, 0.29) is 24.0 Å². The highest BCUT2D eigenvalue weighted by molar-refractivity contribution is 5.81. The lowest BCUT2D eigenvalue weighted by molar-refractivity contribution is -0.131. The van der Waals surface area contributed by atoms with Gasteiger partial charge in [-0.1, -0.05) is 0 Å². The number of likely N-dealkylation sites (tertiary alicyclic amines) is 1. The summed E-state index contributed by atoms with van der Waals surface area (Å²) < 4.78 is 5.47. The average molecular weight is 313 g/mol. The van der Waals surface area contributed by atoms with Gasteiger partial charge in [0.2, 0.25) is 5.91 Å². The third kappa shape index (κ3) is 5.48. The molecule has 0 saturated carbocycles. The Morgan fingerprint density at radius 2 is 1.91 bits per heavy atom. The van der Waals surface area contributed by atoms with E-state index >= 15 is 0 Å². The molecule has 1 heterocycles. The smallest absolute Gasteiger partial charge is 0.410 e. The van der Waals surface area contributed by atoms with Crippen LogP contribution in [0.1, 0.15) is 48.0 Å². The van der Waals surface area contributed by atoms with Crippen molar-refractivity contribution in [2.75, 3.05) is 19.6 Å². The zero-order valence-electron chi connectivity index (χ0n) is 14.8. The van der Waals surface area contributed by atoms with Crippen LogP contribution in [0.3, 0.4) is 0 Å². The monoisotopic (exact) mass is 313 g/mol. The molecule has 0 spiro atoms. The Balaban J connectivity index is 2.62. The Morgan fingerprint density at radius 3 is 2.36 bits per heavy atom. The summed E-state index contributed by atoms with van der Waals surface area (Å²) in [5, 5.41) is 0. The number of amides is 2. The van der Waals surface area contributed by atoms with Gasteiger partial charge in [-0.3, -0.25) is 4.79 Å². The van der Waals surface area contributed by atoms with Gasteiger partial charge in [0.15, 0.2) is 0 Å². The van der Waals surface area contributed by atoms with Crippen molar-refractivity contribution in [1.82, 2.24) is 9.80 Å². The number of hydrogen-bond acceptors (Lipinski definition) is 4. The molecule has 0 aromatic heterocycles. The molecule has 2 N–H and O–H groups in total. The highest BCUT2D eigenvalue weighted by Gasteiger charge is 2.32. The average Bonchev–Trinajstić information content (AvgIpc) is 2.80. The van der Waals surface area contributed by atoms with Crippen LogP contribution in [0.5, 0.6) is 0 Å². The summed E-state index contributed by atoms with van der Waals surface area (Å²) >= 11 is 0. The molecule has 0 radical (unpaired) electrons. The quantitative estimate of drug-likeness (QED) is 0.859. The minimum Gasteiger partial charge on any atom is -0.444 e. The zero-order valence-corrected chi connectivity index (χ0v) is 14.8. The predicted octanol–water partition coefficient (Wildman–Crippen LogP) is 1.83. The first-order valence-electron chi connectivity index (χ1n) is 8.05. The van der Waals surface area contributed by atoms with Crippen molar-refractivity contribution >= 4 is 12.0 Å². The van der Waals surface area contributed by atoms with Gasteiger partial charge >= 0.3 is 6.09 Å². The van der Waals surface area contributed by atoms with Crippen LogP contribution in [-0.4, -0.2) is 59.1 Å². The molecule has 0 aromatic carbocycles. The molecule has 1 aliphatic rings. The zero-order chi connectivity index (χ0) is 17.1.